The second-order valence-corrected chi connectivity index (χ2v) is 5.65. The summed E-state index contributed by atoms with van der Waals surface area (Å²) >= 11 is 3.30. The molecule has 0 amide bonds. The molecule has 0 fully saturated rings. The van der Waals surface area contributed by atoms with E-state index in [1.807, 2.05) is 0 Å². The van der Waals surface area contributed by atoms with E-state index >= 15 is 0 Å². The van der Waals surface area contributed by atoms with Crippen LogP contribution in [0, 0.1) is 5.82 Å². The lowest BCUT2D eigenvalue weighted by Gasteiger charge is -2.12. The number of hydrogen-bond acceptors (Lipinski definition) is 4. The minimum Gasteiger partial charge on any atom is -0.493 e. The third kappa shape index (κ3) is 4.83. The zero-order chi connectivity index (χ0) is 17.5. The predicted octanol–water partition coefficient (Wildman–Crippen LogP) is 4.36. The topological polar surface area (TPSA) is 44.8 Å². The Morgan fingerprint density at radius 1 is 1.17 bits per heavy atom. The van der Waals surface area contributed by atoms with Crippen LogP contribution in [0.3, 0.4) is 0 Å². The molecule has 0 heterocycles. The van der Waals surface area contributed by atoms with Crippen molar-refractivity contribution in [2.75, 3.05) is 14.2 Å². The number of esters is 1. The fourth-order valence-electron chi connectivity index (χ4n) is 1.93. The molecular formula is C18H16BrFO4. The summed E-state index contributed by atoms with van der Waals surface area (Å²) < 4.78 is 29.3. The van der Waals surface area contributed by atoms with Crippen molar-refractivity contribution in [3.63, 3.8) is 0 Å². The van der Waals surface area contributed by atoms with Gasteiger partial charge in [-0.25, -0.2) is 9.18 Å². The van der Waals surface area contributed by atoms with Crippen LogP contribution in [-0.2, 0) is 16.1 Å². The zero-order valence-corrected chi connectivity index (χ0v) is 14.8. The maximum absolute atomic E-state index is 13.1. The molecule has 0 unspecified atom stereocenters. The highest BCUT2D eigenvalue weighted by molar-refractivity contribution is 9.10. The molecule has 0 bridgehead atoms. The summed E-state index contributed by atoms with van der Waals surface area (Å²) in [5.74, 6) is 0.324. The number of methoxy groups -OCH3 is 2. The van der Waals surface area contributed by atoms with E-state index in [0.717, 1.165) is 11.1 Å². The fraction of sp³-hybridized carbons (Fsp3) is 0.167. The summed E-state index contributed by atoms with van der Waals surface area (Å²) in [5.41, 5.74) is 1.58. The van der Waals surface area contributed by atoms with Crippen LogP contribution < -0.4 is 9.47 Å². The molecule has 4 nitrogen and oxygen atoms in total. The van der Waals surface area contributed by atoms with Crippen LogP contribution in [-0.4, -0.2) is 20.2 Å². The van der Waals surface area contributed by atoms with E-state index in [9.17, 15) is 9.18 Å². The van der Waals surface area contributed by atoms with Crippen molar-refractivity contribution in [2.45, 2.75) is 6.61 Å². The second-order valence-electron chi connectivity index (χ2n) is 4.79. The molecule has 126 valence electrons. The van der Waals surface area contributed by atoms with Crippen molar-refractivity contribution in [2.24, 2.45) is 0 Å². The van der Waals surface area contributed by atoms with Gasteiger partial charge in [0.1, 0.15) is 12.4 Å². The van der Waals surface area contributed by atoms with E-state index in [0.29, 0.717) is 16.0 Å². The number of benzene rings is 2. The Hall–Kier alpha value is -2.34. The van der Waals surface area contributed by atoms with Crippen molar-refractivity contribution in [1.82, 2.24) is 0 Å². The monoisotopic (exact) mass is 394 g/mol. The Balaban J connectivity index is 2.12. The van der Waals surface area contributed by atoms with Gasteiger partial charge in [-0.3, -0.25) is 0 Å². The van der Waals surface area contributed by atoms with Crippen LogP contribution in [0.15, 0.2) is 46.9 Å². The maximum Gasteiger partial charge on any atom is 0.330 e. The van der Waals surface area contributed by atoms with Crippen LogP contribution in [0.4, 0.5) is 4.39 Å². The lowest BCUT2D eigenvalue weighted by Crippen LogP contribution is -1.99. The molecule has 0 N–H and O–H groups in total. The maximum atomic E-state index is 13.1. The molecule has 2 aromatic rings. The van der Waals surface area contributed by atoms with Crippen LogP contribution in [0.2, 0.25) is 0 Å². The van der Waals surface area contributed by atoms with Crippen molar-refractivity contribution < 1.29 is 23.4 Å². The average Bonchev–Trinajstić information content (AvgIpc) is 2.59. The number of carbonyl (C=O) groups is 1. The quantitative estimate of drug-likeness (QED) is 0.539. The summed E-state index contributed by atoms with van der Waals surface area (Å²) in [7, 11) is 2.85. The van der Waals surface area contributed by atoms with Gasteiger partial charge in [-0.15, -0.1) is 0 Å². The zero-order valence-electron chi connectivity index (χ0n) is 13.2. The van der Waals surface area contributed by atoms with Gasteiger partial charge >= 0.3 is 5.97 Å². The van der Waals surface area contributed by atoms with Gasteiger partial charge in [-0.1, -0.05) is 28.1 Å². The minimum absolute atomic E-state index is 0.259. The van der Waals surface area contributed by atoms with Gasteiger partial charge in [0.25, 0.3) is 0 Å². The van der Waals surface area contributed by atoms with Gasteiger partial charge in [-0.05, 0) is 35.9 Å². The van der Waals surface area contributed by atoms with E-state index in [-0.39, 0.29) is 12.4 Å². The molecule has 0 aliphatic carbocycles. The van der Waals surface area contributed by atoms with Crippen molar-refractivity contribution in [1.29, 1.82) is 0 Å². The lowest BCUT2D eigenvalue weighted by atomic mass is 10.2. The molecule has 0 aliphatic rings. The van der Waals surface area contributed by atoms with Crippen molar-refractivity contribution >= 4 is 28.0 Å². The molecule has 0 radical (unpaired) electrons. The van der Waals surface area contributed by atoms with Gasteiger partial charge in [-0.2, -0.15) is 0 Å². The molecule has 0 aromatic heterocycles. The van der Waals surface area contributed by atoms with Gasteiger partial charge in [0, 0.05) is 16.1 Å². The summed E-state index contributed by atoms with van der Waals surface area (Å²) in [5, 5.41) is 0. The van der Waals surface area contributed by atoms with Crippen LogP contribution >= 0.6 is 15.9 Å². The number of hydrogen-bond donors (Lipinski definition) is 0. The van der Waals surface area contributed by atoms with Crippen LogP contribution in [0.5, 0.6) is 11.5 Å². The molecule has 6 heteroatoms. The number of rotatable bonds is 6. The third-order valence-corrected chi connectivity index (χ3v) is 3.94. The number of carbonyl (C=O) groups excluding carboxylic acids is 1. The lowest BCUT2D eigenvalue weighted by molar-refractivity contribution is -0.134. The molecule has 2 rings (SSSR count). The molecule has 0 saturated carbocycles. The molecule has 0 spiro atoms. The highest BCUT2D eigenvalue weighted by Crippen LogP contribution is 2.30. The Bertz CT molecular complexity index is 759. The average molecular weight is 395 g/mol. The Labute approximate surface area is 148 Å². The first-order valence-electron chi connectivity index (χ1n) is 7.04. The summed E-state index contributed by atoms with van der Waals surface area (Å²) in [6.45, 7) is 0.259. The highest BCUT2D eigenvalue weighted by Gasteiger charge is 2.08. The largest absolute Gasteiger partial charge is 0.493 e. The smallest absolute Gasteiger partial charge is 0.330 e. The van der Waals surface area contributed by atoms with E-state index in [4.69, 9.17) is 9.47 Å². The van der Waals surface area contributed by atoms with E-state index in [2.05, 4.69) is 20.7 Å². The van der Waals surface area contributed by atoms with E-state index in [1.165, 1.54) is 32.4 Å². The Morgan fingerprint density at radius 2 is 1.96 bits per heavy atom. The number of ether oxygens (including phenoxy) is 3. The van der Waals surface area contributed by atoms with Crippen molar-refractivity contribution in [3.8, 4) is 11.5 Å². The standard InChI is InChI=1S/C18H16BrFO4/c1-22-17-9-12(4-8-18(21)23-2)3-7-16(17)24-11-13-5-6-14(20)10-15(13)19/h3-10H,11H2,1-2H3/b8-4+. The van der Waals surface area contributed by atoms with Gasteiger partial charge in [0.2, 0.25) is 0 Å². The van der Waals surface area contributed by atoms with Gasteiger partial charge < -0.3 is 14.2 Å². The highest BCUT2D eigenvalue weighted by atomic mass is 79.9. The Kier molecular flexibility index (Phi) is 6.37. The molecule has 24 heavy (non-hydrogen) atoms. The summed E-state index contributed by atoms with van der Waals surface area (Å²) in [6, 6.07) is 9.69. The molecule has 0 atom stereocenters. The molecule has 2 aromatic carbocycles. The minimum atomic E-state index is -0.435. The fourth-order valence-corrected chi connectivity index (χ4v) is 2.40. The first-order chi connectivity index (χ1) is 11.5. The van der Waals surface area contributed by atoms with Crippen LogP contribution in [0.25, 0.3) is 6.08 Å². The summed E-state index contributed by atoms with van der Waals surface area (Å²) in [4.78, 5) is 11.1. The Morgan fingerprint density at radius 3 is 2.62 bits per heavy atom. The molecular weight excluding hydrogens is 379 g/mol. The second kappa shape index (κ2) is 8.49. The third-order valence-electron chi connectivity index (χ3n) is 3.20. The van der Waals surface area contributed by atoms with E-state index in [1.54, 1.807) is 30.3 Å². The first kappa shape index (κ1) is 18.0. The number of halogens is 2. The van der Waals surface area contributed by atoms with Crippen molar-refractivity contribution in [3.05, 3.63) is 63.9 Å². The first-order valence-corrected chi connectivity index (χ1v) is 7.83. The SMILES string of the molecule is COC(=O)/C=C/c1ccc(OCc2ccc(F)cc2Br)c(OC)c1. The normalized spacial score (nSPS) is 10.7. The van der Waals surface area contributed by atoms with Crippen LogP contribution in [0.1, 0.15) is 11.1 Å². The van der Waals surface area contributed by atoms with E-state index < -0.39 is 5.97 Å². The summed E-state index contributed by atoms with van der Waals surface area (Å²) in [6.07, 6.45) is 2.94. The molecule has 0 saturated heterocycles. The molecule has 0 aliphatic heterocycles. The van der Waals surface area contributed by atoms with Gasteiger partial charge in [0.15, 0.2) is 11.5 Å². The predicted molar refractivity (Wildman–Crippen MR) is 92.5 cm³/mol. The van der Waals surface area contributed by atoms with Gasteiger partial charge in [0.05, 0.1) is 14.2 Å².